The summed E-state index contributed by atoms with van der Waals surface area (Å²) in [5.41, 5.74) is 1.15. The van der Waals surface area contributed by atoms with Crippen molar-refractivity contribution in [1.82, 2.24) is 4.90 Å². The number of fused-ring (bicyclic) bond motifs is 1. The van der Waals surface area contributed by atoms with Crippen molar-refractivity contribution in [2.75, 3.05) is 63.3 Å². The van der Waals surface area contributed by atoms with Crippen LogP contribution in [0.4, 0.5) is 11.6 Å². The van der Waals surface area contributed by atoms with Crippen molar-refractivity contribution in [3.8, 4) is 0 Å². The van der Waals surface area contributed by atoms with Crippen molar-refractivity contribution < 1.29 is 13.9 Å². The molecular weight excluding hydrogens is 334 g/mol. The van der Waals surface area contributed by atoms with E-state index < -0.39 is 0 Å². The minimum Gasteiger partial charge on any atom is -0.439 e. The van der Waals surface area contributed by atoms with E-state index in [1.54, 1.807) is 11.0 Å². The second kappa shape index (κ2) is 6.64. The number of carbonyl (C=O) groups is 1. The maximum absolute atomic E-state index is 13.4. The van der Waals surface area contributed by atoms with Crippen LogP contribution in [0.25, 0.3) is 11.0 Å². The van der Waals surface area contributed by atoms with Gasteiger partial charge in [0.1, 0.15) is 11.1 Å². The lowest BCUT2D eigenvalue weighted by Crippen LogP contribution is -2.45. The Morgan fingerprint density at radius 3 is 2.46 bits per heavy atom. The Hall–Kier alpha value is -2.54. The lowest BCUT2D eigenvalue weighted by molar-refractivity contribution is 0.0648. The average Bonchev–Trinajstić information content (AvgIpc) is 2.60. The molecule has 2 aliphatic rings. The van der Waals surface area contributed by atoms with Gasteiger partial charge in [-0.05, 0) is 18.6 Å². The monoisotopic (exact) mass is 357 g/mol. The van der Waals surface area contributed by atoms with Crippen LogP contribution >= 0.6 is 0 Å². The van der Waals surface area contributed by atoms with Crippen molar-refractivity contribution in [2.24, 2.45) is 0 Å². The molecule has 0 spiro atoms. The molecule has 0 N–H and O–H groups in total. The Kier molecular flexibility index (Phi) is 4.32. The highest BCUT2D eigenvalue weighted by molar-refractivity contribution is 6.03. The Labute approximate surface area is 151 Å². The second-order valence-corrected chi connectivity index (χ2v) is 6.90. The fraction of sp³-hybridized carbons (Fsp3) is 0.474. The van der Waals surface area contributed by atoms with Crippen LogP contribution in [0.15, 0.2) is 27.4 Å². The number of amides is 1. The summed E-state index contributed by atoms with van der Waals surface area (Å²) in [6.07, 6.45) is 0.973. The van der Waals surface area contributed by atoms with Gasteiger partial charge in [0.05, 0.1) is 24.3 Å². The first kappa shape index (κ1) is 16.9. The molecule has 0 aliphatic carbocycles. The van der Waals surface area contributed by atoms with Gasteiger partial charge in [0.25, 0.3) is 5.91 Å². The Balaban J connectivity index is 1.96. The van der Waals surface area contributed by atoms with Crippen molar-refractivity contribution in [2.45, 2.75) is 6.42 Å². The van der Waals surface area contributed by atoms with E-state index in [9.17, 15) is 9.59 Å². The lowest BCUT2D eigenvalue weighted by atomic mass is 10.1. The van der Waals surface area contributed by atoms with Gasteiger partial charge in [0.2, 0.25) is 11.3 Å². The van der Waals surface area contributed by atoms with E-state index in [2.05, 4.69) is 0 Å². The summed E-state index contributed by atoms with van der Waals surface area (Å²) in [6, 6.07) is 5.51. The van der Waals surface area contributed by atoms with Gasteiger partial charge in [-0.1, -0.05) is 6.07 Å². The third kappa shape index (κ3) is 2.72. The van der Waals surface area contributed by atoms with Crippen LogP contribution in [0, 0.1) is 0 Å². The van der Waals surface area contributed by atoms with E-state index in [0.717, 1.165) is 12.1 Å². The number of benzene rings is 1. The minimum absolute atomic E-state index is 0.147. The third-order valence-corrected chi connectivity index (χ3v) is 5.02. The van der Waals surface area contributed by atoms with E-state index in [0.29, 0.717) is 56.2 Å². The molecule has 0 radical (unpaired) electrons. The molecule has 138 valence electrons. The molecule has 7 heteroatoms. The fourth-order valence-electron chi connectivity index (χ4n) is 3.44. The summed E-state index contributed by atoms with van der Waals surface area (Å²) >= 11 is 0. The number of carbonyl (C=O) groups excluding carboxylic acids is 1. The van der Waals surface area contributed by atoms with Gasteiger partial charge in [-0.3, -0.25) is 9.59 Å². The van der Waals surface area contributed by atoms with E-state index in [1.807, 2.05) is 36.0 Å². The zero-order valence-corrected chi connectivity index (χ0v) is 15.2. The predicted molar refractivity (Wildman–Crippen MR) is 100 cm³/mol. The quantitative estimate of drug-likeness (QED) is 0.830. The smallest absolute Gasteiger partial charge is 0.263 e. The summed E-state index contributed by atoms with van der Waals surface area (Å²) in [6.45, 7) is 3.68. The van der Waals surface area contributed by atoms with E-state index >= 15 is 0 Å². The minimum atomic E-state index is -0.256. The maximum atomic E-state index is 13.4. The number of hydrogen-bond acceptors (Lipinski definition) is 6. The molecule has 0 bridgehead atoms. The summed E-state index contributed by atoms with van der Waals surface area (Å²) in [4.78, 5) is 32.0. The first-order valence-electron chi connectivity index (χ1n) is 8.97. The average molecular weight is 357 g/mol. The van der Waals surface area contributed by atoms with Crippen LogP contribution in [0.5, 0.6) is 0 Å². The molecule has 2 aromatic rings. The Morgan fingerprint density at radius 1 is 1.12 bits per heavy atom. The fourth-order valence-corrected chi connectivity index (χ4v) is 3.44. The SMILES string of the molecule is CN(C)c1cccc2oc(N3CCOCC3)c(C(=O)N3CCC3)c(=O)c12. The number of ether oxygens (including phenoxy) is 1. The van der Waals surface area contributed by atoms with Gasteiger partial charge >= 0.3 is 0 Å². The first-order valence-corrected chi connectivity index (χ1v) is 8.97. The van der Waals surface area contributed by atoms with Crippen LogP contribution < -0.4 is 15.2 Å². The van der Waals surface area contributed by atoms with Gasteiger partial charge in [-0.15, -0.1) is 0 Å². The number of morpholine rings is 1. The number of nitrogens with zero attached hydrogens (tertiary/aromatic N) is 3. The zero-order chi connectivity index (χ0) is 18.3. The van der Waals surface area contributed by atoms with E-state index in [1.165, 1.54) is 0 Å². The number of anilines is 2. The van der Waals surface area contributed by atoms with Gasteiger partial charge in [-0.25, -0.2) is 0 Å². The van der Waals surface area contributed by atoms with Crippen molar-refractivity contribution in [3.05, 3.63) is 34.0 Å². The largest absolute Gasteiger partial charge is 0.439 e. The second-order valence-electron chi connectivity index (χ2n) is 6.90. The van der Waals surface area contributed by atoms with Gasteiger partial charge < -0.3 is 23.9 Å². The normalized spacial score (nSPS) is 17.3. The molecule has 2 fully saturated rings. The molecule has 7 nitrogen and oxygen atoms in total. The van der Waals surface area contributed by atoms with Crippen LogP contribution in [-0.4, -0.2) is 64.3 Å². The lowest BCUT2D eigenvalue weighted by Gasteiger charge is -2.33. The molecule has 0 unspecified atom stereocenters. The third-order valence-electron chi connectivity index (χ3n) is 5.02. The van der Waals surface area contributed by atoms with E-state index in [-0.39, 0.29) is 16.9 Å². The summed E-state index contributed by atoms with van der Waals surface area (Å²) in [7, 11) is 3.75. The molecule has 1 aromatic carbocycles. The Morgan fingerprint density at radius 2 is 1.85 bits per heavy atom. The number of hydrogen-bond donors (Lipinski definition) is 0. The van der Waals surface area contributed by atoms with E-state index in [4.69, 9.17) is 9.15 Å². The molecule has 2 aliphatic heterocycles. The molecule has 1 amide bonds. The topological polar surface area (TPSA) is 66.2 Å². The van der Waals surface area contributed by atoms with Crippen LogP contribution in [-0.2, 0) is 4.74 Å². The van der Waals surface area contributed by atoms with Gasteiger partial charge in [0.15, 0.2) is 0 Å². The van der Waals surface area contributed by atoms with Crippen molar-refractivity contribution in [3.63, 3.8) is 0 Å². The molecule has 3 heterocycles. The van der Waals surface area contributed by atoms with Gasteiger partial charge in [-0.2, -0.15) is 0 Å². The Bertz CT molecular complexity index is 896. The highest BCUT2D eigenvalue weighted by Crippen LogP contribution is 2.30. The summed E-state index contributed by atoms with van der Waals surface area (Å²) < 4.78 is 11.5. The molecule has 4 rings (SSSR count). The summed E-state index contributed by atoms with van der Waals surface area (Å²) in [5, 5.41) is 0.457. The predicted octanol–water partition coefficient (Wildman–Crippen LogP) is 1.54. The first-order chi connectivity index (χ1) is 12.6. The maximum Gasteiger partial charge on any atom is 0.263 e. The number of rotatable bonds is 3. The highest BCUT2D eigenvalue weighted by atomic mass is 16.5. The van der Waals surface area contributed by atoms with Crippen LogP contribution in [0.1, 0.15) is 16.8 Å². The standard InChI is InChI=1S/C19H23N3O4/c1-20(2)13-5-3-6-14-15(13)17(23)16(18(24)21-7-4-8-21)19(26-14)22-9-11-25-12-10-22/h3,5-6H,4,7-12H2,1-2H3. The molecule has 0 saturated carbocycles. The molecular formula is C19H23N3O4. The summed E-state index contributed by atoms with van der Waals surface area (Å²) in [5.74, 6) is 0.139. The van der Waals surface area contributed by atoms with Gasteiger partial charge in [0, 0.05) is 40.3 Å². The molecule has 0 atom stereocenters. The van der Waals surface area contributed by atoms with Crippen molar-refractivity contribution >= 4 is 28.4 Å². The highest BCUT2D eigenvalue weighted by Gasteiger charge is 2.32. The number of likely N-dealkylation sites (tertiary alicyclic amines) is 1. The van der Waals surface area contributed by atoms with Crippen LogP contribution in [0.3, 0.4) is 0 Å². The molecule has 1 aromatic heterocycles. The van der Waals surface area contributed by atoms with Crippen LogP contribution in [0.2, 0.25) is 0 Å². The molecule has 26 heavy (non-hydrogen) atoms. The van der Waals surface area contributed by atoms with Crippen molar-refractivity contribution in [1.29, 1.82) is 0 Å². The molecule has 2 saturated heterocycles. The zero-order valence-electron chi connectivity index (χ0n) is 15.2.